The maximum atomic E-state index is 10.5. The molecule has 1 aromatic rings. The molecule has 0 bridgehead atoms. The van der Waals surface area contributed by atoms with E-state index in [1.54, 1.807) is 7.11 Å². The number of hydrogen-bond acceptors (Lipinski definition) is 3. The largest absolute Gasteiger partial charge is 0.496 e. The number of aliphatic hydroxyl groups is 1. The minimum absolute atomic E-state index is 0.108. The van der Waals surface area contributed by atoms with Gasteiger partial charge in [0.1, 0.15) is 5.75 Å². The van der Waals surface area contributed by atoms with E-state index in [-0.39, 0.29) is 6.10 Å². The van der Waals surface area contributed by atoms with Gasteiger partial charge < -0.3 is 14.6 Å². The fraction of sp³-hybridized carbons (Fsp3) is 0.538. The average molecular weight is 301 g/mol. The summed E-state index contributed by atoms with van der Waals surface area (Å²) in [5.41, 5.74) is 0.339. The third-order valence-corrected chi connectivity index (χ3v) is 4.01. The van der Waals surface area contributed by atoms with Crippen molar-refractivity contribution in [1.82, 2.24) is 0 Å². The minimum atomic E-state index is -0.742. The Kier molecular flexibility index (Phi) is 3.76. The highest BCUT2D eigenvalue weighted by Gasteiger charge is 2.39. The number of halogens is 1. The van der Waals surface area contributed by atoms with Gasteiger partial charge in [-0.25, -0.2) is 0 Å². The van der Waals surface area contributed by atoms with Crippen LogP contribution in [0.15, 0.2) is 22.7 Å². The zero-order valence-corrected chi connectivity index (χ0v) is 11.7. The molecule has 4 heteroatoms. The molecule has 0 aromatic heterocycles. The second kappa shape index (κ2) is 4.96. The van der Waals surface area contributed by atoms with E-state index < -0.39 is 5.60 Å². The highest BCUT2D eigenvalue weighted by molar-refractivity contribution is 9.10. The minimum Gasteiger partial charge on any atom is -0.496 e. The van der Waals surface area contributed by atoms with Crippen LogP contribution in [-0.2, 0) is 11.2 Å². The molecule has 2 rings (SSSR count). The molecule has 0 radical (unpaired) electrons. The molecular formula is C13H17BrO3. The zero-order chi connectivity index (χ0) is 12.5. The number of benzene rings is 1. The predicted molar refractivity (Wildman–Crippen MR) is 69.4 cm³/mol. The first-order valence-electron chi connectivity index (χ1n) is 5.71. The van der Waals surface area contributed by atoms with Gasteiger partial charge in [-0.2, -0.15) is 0 Å². The molecule has 2 atom stereocenters. The number of ether oxygens (including phenoxy) is 2. The molecule has 0 spiro atoms. The molecule has 1 aromatic carbocycles. The Balaban J connectivity index is 2.16. The smallest absolute Gasteiger partial charge is 0.133 e. The van der Waals surface area contributed by atoms with Crippen molar-refractivity contribution in [2.45, 2.75) is 31.5 Å². The van der Waals surface area contributed by atoms with Crippen LogP contribution >= 0.6 is 15.9 Å². The Morgan fingerprint density at radius 1 is 1.59 bits per heavy atom. The molecule has 1 fully saturated rings. The highest BCUT2D eigenvalue weighted by atomic mass is 79.9. The maximum absolute atomic E-state index is 10.5. The van der Waals surface area contributed by atoms with Crippen LogP contribution in [0, 0.1) is 0 Å². The Bertz CT molecular complexity index is 408. The summed E-state index contributed by atoms with van der Waals surface area (Å²) in [6.07, 6.45) is 1.19. The van der Waals surface area contributed by atoms with Crippen LogP contribution in [0.5, 0.6) is 5.75 Å². The summed E-state index contributed by atoms with van der Waals surface area (Å²) in [4.78, 5) is 0. The van der Waals surface area contributed by atoms with Gasteiger partial charge in [-0.3, -0.25) is 0 Å². The van der Waals surface area contributed by atoms with Gasteiger partial charge in [0.2, 0.25) is 0 Å². The number of hydrogen-bond donors (Lipinski definition) is 1. The lowest BCUT2D eigenvalue weighted by Crippen LogP contribution is -2.38. The van der Waals surface area contributed by atoms with Gasteiger partial charge in [0.15, 0.2) is 0 Å². The quantitative estimate of drug-likeness (QED) is 0.932. The summed E-state index contributed by atoms with van der Waals surface area (Å²) in [5.74, 6) is 0.802. The van der Waals surface area contributed by atoms with Gasteiger partial charge in [0.25, 0.3) is 0 Å². The standard InChI is InChI=1S/C13H17BrO3/c1-9-13(15,5-6-17-9)8-10-3-4-12(16-2)11(14)7-10/h3-4,7,9,15H,5-6,8H2,1-2H3. The Morgan fingerprint density at radius 2 is 2.35 bits per heavy atom. The lowest BCUT2D eigenvalue weighted by atomic mass is 9.89. The van der Waals surface area contributed by atoms with Crippen LogP contribution < -0.4 is 4.74 Å². The molecule has 2 unspecified atom stereocenters. The zero-order valence-electron chi connectivity index (χ0n) is 10.1. The molecule has 1 heterocycles. The summed E-state index contributed by atoms with van der Waals surface area (Å²) in [7, 11) is 1.64. The van der Waals surface area contributed by atoms with Crippen LogP contribution in [-0.4, -0.2) is 30.5 Å². The summed E-state index contributed by atoms with van der Waals surface area (Å²) in [5, 5.41) is 10.5. The molecule has 1 aliphatic rings. The third-order valence-electron chi connectivity index (χ3n) is 3.39. The van der Waals surface area contributed by atoms with Gasteiger partial charge in [-0.15, -0.1) is 0 Å². The van der Waals surface area contributed by atoms with Gasteiger partial charge in [0.05, 0.1) is 23.3 Å². The molecular weight excluding hydrogens is 284 g/mol. The van der Waals surface area contributed by atoms with Crippen LogP contribution in [0.1, 0.15) is 18.9 Å². The first-order chi connectivity index (χ1) is 8.05. The van der Waals surface area contributed by atoms with E-state index in [9.17, 15) is 5.11 Å². The molecule has 1 N–H and O–H groups in total. The van der Waals surface area contributed by atoms with E-state index in [4.69, 9.17) is 9.47 Å². The third kappa shape index (κ3) is 2.64. The lowest BCUT2D eigenvalue weighted by molar-refractivity contribution is -0.0268. The summed E-state index contributed by atoms with van der Waals surface area (Å²) >= 11 is 3.45. The van der Waals surface area contributed by atoms with Crippen molar-refractivity contribution in [3.8, 4) is 5.75 Å². The fourth-order valence-corrected chi connectivity index (χ4v) is 2.76. The van der Waals surface area contributed by atoms with E-state index >= 15 is 0 Å². The molecule has 17 heavy (non-hydrogen) atoms. The van der Waals surface area contributed by atoms with Gasteiger partial charge in [0, 0.05) is 19.4 Å². The molecule has 0 saturated carbocycles. The second-order valence-corrected chi connectivity index (χ2v) is 5.37. The van der Waals surface area contributed by atoms with Crippen molar-refractivity contribution in [3.05, 3.63) is 28.2 Å². The topological polar surface area (TPSA) is 38.7 Å². The van der Waals surface area contributed by atoms with E-state index in [1.807, 2.05) is 25.1 Å². The second-order valence-electron chi connectivity index (χ2n) is 4.51. The molecule has 1 aliphatic heterocycles. The number of methoxy groups -OCH3 is 1. The van der Waals surface area contributed by atoms with E-state index in [2.05, 4.69) is 15.9 Å². The summed E-state index contributed by atoms with van der Waals surface area (Å²) in [6.45, 7) is 2.56. The van der Waals surface area contributed by atoms with Crippen molar-refractivity contribution >= 4 is 15.9 Å². The van der Waals surface area contributed by atoms with Crippen LogP contribution in [0.4, 0.5) is 0 Å². The first-order valence-corrected chi connectivity index (χ1v) is 6.51. The van der Waals surface area contributed by atoms with Crippen LogP contribution in [0.25, 0.3) is 0 Å². The van der Waals surface area contributed by atoms with E-state index in [0.717, 1.165) is 15.8 Å². The SMILES string of the molecule is COc1ccc(CC2(O)CCOC2C)cc1Br. The monoisotopic (exact) mass is 300 g/mol. The molecule has 94 valence electrons. The maximum Gasteiger partial charge on any atom is 0.133 e. The van der Waals surface area contributed by atoms with E-state index in [0.29, 0.717) is 19.4 Å². The van der Waals surface area contributed by atoms with Crippen LogP contribution in [0.3, 0.4) is 0 Å². The summed E-state index contributed by atoms with van der Waals surface area (Å²) in [6, 6.07) is 5.87. The Labute approximate surface area is 110 Å². The molecule has 0 amide bonds. The van der Waals surface area contributed by atoms with Gasteiger partial charge in [-0.1, -0.05) is 6.07 Å². The predicted octanol–water partition coefficient (Wildman–Crippen LogP) is 2.54. The molecule has 0 aliphatic carbocycles. The average Bonchev–Trinajstić information content (AvgIpc) is 2.59. The van der Waals surface area contributed by atoms with Gasteiger partial charge in [-0.05, 0) is 40.5 Å². The van der Waals surface area contributed by atoms with Crippen LogP contribution in [0.2, 0.25) is 0 Å². The van der Waals surface area contributed by atoms with Crippen molar-refractivity contribution in [2.24, 2.45) is 0 Å². The van der Waals surface area contributed by atoms with Gasteiger partial charge >= 0.3 is 0 Å². The van der Waals surface area contributed by atoms with Crippen molar-refractivity contribution in [3.63, 3.8) is 0 Å². The Hall–Kier alpha value is -0.580. The van der Waals surface area contributed by atoms with E-state index in [1.165, 1.54) is 0 Å². The number of rotatable bonds is 3. The van der Waals surface area contributed by atoms with Crippen molar-refractivity contribution in [1.29, 1.82) is 0 Å². The fourth-order valence-electron chi connectivity index (χ4n) is 2.18. The molecule has 3 nitrogen and oxygen atoms in total. The summed E-state index contributed by atoms with van der Waals surface area (Å²) < 4.78 is 11.5. The normalized spacial score (nSPS) is 28.4. The molecule has 1 saturated heterocycles. The van der Waals surface area contributed by atoms with Crippen molar-refractivity contribution < 1.29 is 14.6 Å². The Morgan fingerprint density at radius 3 is 2.88 bits per heavy atom. The lowest BCUT2D eigenvalue weighted by Gasteiger charge is -2.26. The first kappa shape index (κ1) is 12.9. The highest BCUT2D eigenvalue weighted by Crippen LogP contribution is 2.32. The van der Waals surface area contributed by atoms with Crippen molar-refractivity contribution in [2.75, 3.05) is 13.7 Å².